The Labute approximate surface area is 101 Å². The Morgan fingerprint density at radius 3 is 2.94 bits per heavy atom. The number of carboxylic acid groups (broad SMARTS) is 1. The Morgan fingerprint density at radius 2 is 2.35 bits per heavy atom. The number of halogens is 1. The summed E-state index contributed by atoms with van der Waals surface area (Å²) in [6.07, 6.45) is 1.62. The Morgan fingerprint density at radius 1 is 1.65 bits per heavy atom. The first kappa shape index (κ1) is 12.9. The van der Waals surface area contributed by atoms with Crippen molar-refractivity contribution in [2.24, 2.45) is 0 Å². The summed E-state index contributed by atoms with van der Waals surface area (Å²) in [6, 6.07) is 0. The van der Waals surface area contributed by atoms with Crippen molar-refractivity contribution in [3.63, 3.8) is 0 Å². The number of aromatic nitrogens is 2. The third-order valence-electron chi connectivity index (χ3n) is 1.50. The standard InChI is InChI=1S/C9H8ClN3O4/c1-2-3-17-9(16)13-7-6(8(14)15)12-5(10)4-11-7/h2,4H,1,3H2,(H,14,15)(H,11,13,16). The summed E-state index contributed by atoms with van der Waals surface area (Å²) in [4.78, 5) is 29.1. The molecular weight excluding hydrogens is 250 g/mol. The minimum atomic E-state index is -1.36. The molecule has 7 nitrogen and oxygen atoms in total. The lowest BCUT2D eigenvalue weighted by molar-refractivity contribution is 0.0691. The summed E-state index contributed by atoms with van der Waals surface area (Å²) in [5.41, 5.74) is -0.465. The van der Waals surface area contributed by atoms with Crippen LogP contribution < -0.4 is 5.32 Å². The van der Waals surface area contributed by atoms with Crippen LogP contribution in [0.5, 0.6) is 0 Å². The minimum Gasteiger partial charge on any atom is -0.476 e. The van der Waals surface area contributed by atoms with Gasteiger partial charge in [-0.15, -0.1) is 0 Å². The number of rotatable bonds is 4. The van der Waals surface area contributed by atoms with E-state index in [4.69, 9.17) is 16.7 Å². The molecule has 1 rings (SSSR count). The molecule has 1 amide bonds. The Hall–Kier alpha value is -2.15. The van der Waals surface area contributed by atoms with E-state index in [1.165, 1.54) is 6.08 Å². The van der Waals surface area contributed by atoms with Crippen LogP contribution >= 0.6 is 11.6 Å². The minimum absolute atomic E-state index is 0.00471. The number of carboxylic acids is 1. The zero-order chi connectivity index (χ0) is 12.8. The first-order valence-electron chi connectivity index (χ1n) is 4.35. The number of nitrogens with one attached hydrogen (secondary N) is 1. The van der Waals surface area contributed by atoms with Gasteiger partial charge in [-0.2, -0.15) is 0 Å². The van der Waals surface area contributed by atoms with E-state index in [-0.39, 0.29) is 17.6 Å². The molecule has 0 unspecified atom stereocenters. The summed E-state index contributed by atoms with van der Waals surface area (Å²) in [5.74, 6) is -1.60. The van der Waals surface area contributed by atoms with Gasteiger partial charge in [-0.1, -0.05) is 24.3 Å². The summed E-state index contributed by atoms with van der Waals surface area (Å²) in [6.45, 7) is 3.35. The van der Waals surface area contributed by atoms with Crippen molar-refractivity contribution >= 4 is 29.5 Å². The smallest absolute Gasteiger partial charge is 0.413 e. The van der Waals surface area contributed by atoms with Crippen LogP contribution in [-0.2, 0) is 4.74 Å². The molecule has 8 heteroatoms. The number of carbonyl (C=O) groups excluding carboxylic acids is 1. The van der Waals surface area contributed by atoms with Gasteiger partial charge in [0.25, 0.3) is 0 Å². The fourth-order valence-electron chi connectivity index (χ4n) is 0.876. The number of anilines is 1. The van der Waals surface area contributed by atoms with Crippen LogP contribution in [0.3, 0.4) is 0 Å². The van der Waals surface area contributed by atoms with E-state index < -0.39 is 17.8 Å². The first-order chi connectivity index (χ1) is 8.04. The Bertz CT molecular complexity index is 464. The molecule has 0 aliphatic rings. The number of carbonyl (C=O) groups is 2. The normalized spacial score (nSPS) is 9.47. The second-order valence-electron chi connectivity index (χ2n) is 2.71. The SMILES string of the molecule is C=CCOC(=O)Nc1ncc(Cl)nc1C(=O)O. The predicted octanol–water partition coefficient (Wildman–Crippen LogP) is 1.56. The van der Waals surface area contributed by atoms with Crippen LogP contribution in [0.25, 0.3) is 0 Å². The average Bonchev–Trinajstić information content (AvgIpc) is 2.28. The molecule has 0 fully saturated rings. The second-order valence-corrected chi connectivity index (χ2v) is 3.09. The fraction of sp³-hybridized carbons (Fsp3) is 0.111. The number of amides is 1. The highest BCUT2D eigenvalue weighted by molar-refractivity contribution is 6.29. The van der Waals surface area contributed by atoms with Crippen LogP contribution in [0.15, 0.2) is 18.9 Å². The molecule has 2 N–H and O–H groups in total. The molecule has 0 spiro atoms. The molecule has 0 radical (unpaired) electrons. The van der Waals surface area contributed by atoms with E-state index >= 15 is 0 Å². The van der Waals surface area contributed by atoms with E-state index in [0.717, 1.165) is 6.20 Å². The summed E-state index contributed by atoms with van der Waals surface area (Å²) >= 11 is 5.49. The predicted molar refractivity (Wildman–Crippen MR) is 59.2 cm³/mol. The number of nitrogens with zero attached hydrogens (tertiary/aromatic N) is 2. The number of ether oxygens (including phenoxy) is 1. The maximum absolute atomic E-state index is 11.2. The van der Waals surface area contributed by atoms with Gasteiger partial charge < -0.3 is 9.84 Å². The van der Waals surface area contributed by atoms with E-state index in [1.54, 1.807) is 0 Å². The van der Waals surface area contributed by atoms with Crippen LogP contribution in [0.2, 0.25) is 5.15 Å². The third kappa shape index (κ3) is 3.72. The van der Waals surface area contributed by atoms with Crippen molar-refractivity contribution in [2.45, 2.75) is 0 Å². The lowest BCUT2D eigenvalue weighted by Crippen LogP contribution is -2.18. The number of aromatic carboxylic acids is 1. The lowest BCUT2D eigenvalue weighted by Gasteiger charge is -2.06. The second kappa shape index (κ2) is 5.80. The summed E-state index contributed by atoms with van der Waals surface area (Å²) in [5, 5.41) is 10.9. The molecule has 90 valence electrons. The van der Waals surface area contributed by atoms with Crippen LogP contribution in [0, 0.1) is 0 Å². The van der Waals surface area contributed by atoms with Gasteiger partial charge >= 0.3 is 12.1 Å². The monoisotopic (exact) mass is 257 g/mol. The van der Waals surface area contributed by atoms with Crippen LogP contribution in [0.1, 0.15) is 10.5 Å². The van der Waals surface area contributed by atoms with Crippen molar-refractivity contribution in [1.82, 2.24) is 9.97 Å². The largest absolute Gasteiger partial charge is 0.476 e. The molecule has 0 bridgehead atoms. The first-order valence-corrected chi connectivity index (χ1v) is 4.73. The average molecular weight is 258 g/mol. The molecule has 0 aliphatic heterocycles. The van der Waals surface area contributed by atoms with Gasteiger partial charge in [0, 0.05) is 0 Å². The summed E-state index contributed by atoms with van der Waals surface area (Å²) < 4.78 is 4.60. The van der Waals surface area contributed by atoms with Crippen molar-refractivity contribution in [3.05, 3.63) is 29.7 Å². The van der Waals surface area contributed by atoms with Gasteiger partial charge in [-0.3, -0.25) is 5.32 Å². The van der Waals surface area contributed by atoms with Crippen molar-refractivity contribution < 1.29 is 19.4 Å². The van der Waals surface area contributed by atoms with Gasteiger partial charge in [-0.25, -0.2) is 19.6 Å². The molecule has 17 heavy (non-hydrogen) atoms. The van der Waals surface area contributed by atoms with E-state index in [2.05, 4.69) is 26.6 Å². The molecule has 0 aliphatic carbocycles. The van der Waals surface area contributed by atoms with Crippen LogP contribution in [0.4, 0.5) is 10.6 Å². The van der Waals surface area contributed by atoms with E-state index in [0.29, 0.717) is 0 Å². The van der Waals surface area contributed by atoms with Gasteiger partial charge in [-0.05, 0) is 0 Å². The molecular formula is C9H8ClN3O4. The van der Waals surface area contributed by atoms with E-state index in [9.17, 15) is 9.59 Å². The number of hydrogen-bond donors (Lipinski definition) is 2. The molecule has 0 aromatic carbocycles. The molecule has 1 aromatic rings. The Kier molecular flexibility index (Phi) is 4.41. The fourth-order valence-corrected chi connectivity index (χ4v) is 1.01. The molecule has 0 atom stereocenters. The maximum atomic E-state index is 11.2. The zero-order valence-corrected chi connectivity index (χ0v) is 9.27. The van der Waals surface area contributed by atoms with Gasteiger partial charge in [0.15, 0.2) is 11.5 Å². The zero-order valence-electron chi connectivity index (χ0n) is 8.51. The van der Waals surface area contributed by atoms with E-state index in [1.807, 2.05) is 0 Å². The molecule has 1 heterocycles. The Balaban J connectivity index is 2.86. The highest BCUT2D eigenvalue weighted by Crippen LogP contribution is 2.13. The van der Waals surface area contributed by atoms with Gasteiger partial charge in [0.1, 0.15) is 11.8 Å². The van der Waals surface area contributed by atoms with Gasteiger partial charge in [0.2, 0.25) is 0 Å². The van der Waals surface area contributed by atoms with Crippen LogP contribution in [-0.4, -0.2) is 33.7 Å². The topological polar surface area (TPSA) is 101 Å². The molecule has 0 saturated heterocycles. The lowest BCUT2D eigenvalue weighted by atomic mass is 10.4. The highest BCUT2D eigenvalue weighted by atomic mass is 35.5. The molecule has 1 aromatic heterocycles. The van der Waals surface area contributed by atoms with Gasteiger partial charge in [0.05, 0.1) is 6.20 Å². The highest BCUT2D eigenvalue weighted by Gasteiger charge is 2.16. The molecule has 0 saturated carbocycles. The quantitative estimate of drug-likeness (QED) is 0.794. The van der Waals surface area contributed by atoms with Crippen molar-refractivity contribution in [3.8, 4) is 0 Å². The van der Waals surface area contributed by atoms with Crippen molar-refractivity contribution in [2.75, 3.05) is 11.9 Å². The number of hydrogen-bond acceptors (Lipinski definition) is 5. The maximum Gasteiger partial charge on any atom is 0.413 e. The third-order valence-corrected chi connectivity index (χ3v) is 1.68. The summed E-state index contributed by atoms with van der Waals surface area (Å²) in [7, 11) is 0. The van der Waals surface area contributed by atoms with Crippen molar-refractivity contribution in [1.29, 1.82) is 0 Å².